The Kier molecular flexibility index (Phi) is 5.04. The van der Waals surface area contributed by atoms with Crippen molar-refractivity contribution in [3.05, 3.63) is 34.8 Å². The minimum atomic E-state index is -0.0395. The maximum atomic E-state index is 11.3. The molecule has 1 aliphatic rings. The minimum absolute atomic E-state index is 0.0395. The molecule has 0 radical (unpaired) electrons. The van der Waals surface area contributed by atoms with Crippen LogP contribution in [-0.2, 0) is 4.79 Å². The Labute approximate surface area is 147 Å². The standard InChI is InChI=1S/C18H24N4OS/c1-12-4-5-16(10-17(12)20-14(3)23)21-15-6-8-22(9-7-15)18-19-13(2)11-24-18/h4-5,10-11,15,21H,6-9H2,1-3H3,(H,20,23). The molecule has 6 heteroatoms. The smallest absolute Gasteiger partial charge is 0.221 e. The molecule has 1 saturated heterocycles. The summed E-state index contributed by atoms with van der Waals surface area (Å²) in [6.45, 7) is 7.63. The number of aromatic nitrogens is 1. The van der Waals surface area contributed by atoms with Gasteiger partial charge in [0.15, 0.2) is 5.13 Å². The van der Waals surface area contributed by atoms with Crippen molar-refractivity contribution in [2.24, 2.45) is 0 Å². The second-order valence-electron chi connectivity index (χ2n) is 6.39. The van der Waals surface area contributed by atoms with Gasteiger partial charge in [-0.05, 0) is 44.4 Å². The molecule has 0 saturated carbocycles. The molecule has 5 nitrogen and oxygen atoms in total. The van der Waals surface area contributed by atoms with Gasteiger partial charge in [-0.3, -0.25) is 4.79 Å². The first-order valence-corrected chi connectivity index (χ1v) is 9.21. The molecule has 1 amide bonds. The van der Waals surface area contributed by atoms with Gasteiger partial charge in [0.1, 0.15) is 0 Å². The summed E-state index contributed by atoms with van der Waals surface area (Å²) in [6.07, 6.45) is 2.17. The van der Waals surface area contributed by atoms with E-state index in [0.717, 1.165) is 53.7 Å². The SMILES string of the molecule is CC(=O)Nc1cc(NC2CCN(c3nc(C)cs3)CC2)ccc1C. The first kappa shape index (κ1) is 16.8. The Morgan fingerprint density at radius 1 is 1.29 bits per heavy atom. The molecule has 1 fully saturated rings. The van der Waals surface area contributed by atoms with Gasteiger partial charge >= 0.3 is 0 Å². The Hall–Kier alpha value is -2.08. The van der Waals surface area contributed by atoms with Crippen LogP contribution in [0.3, 0.4) is 0 Å². The number of anilines is 3. The average molecular weight is 344 g/mol. The van der Waals surface area contributed by atoms with E-state index in [0.29, 0.717) is 6.04 Å². The van der Waals surface area contributed by atoms with Crippen LogP contribution in [0.2, 0.25) is 0 Å². The predicted molar refractivity (Wildman–Crippen MR) is 101 cm³/mol. The molecule has 1 aromatic heterocycles. The molecule has 2 N–H and O–H groups in total. The van der Waals surface area contributed by atoms with E-state index in [2.05, 4.69) is 32.0 Å². The lowest BCUT2D eigenvalue weighted by Crippen LogP contribution is -2.39. The van der Waals surface area contributed by atoms with Crippen LogP contribution in [0.4, 0.5) is 16.5 Å². The highest BCUT2D eigenvalue weighted by molar-refractivity contribution is 7.13. The molecule has 0 spiro atoms. The quantitative estimate of drug-likeness (QED) is 0.886. The van der Waals surface area contributed by atoms with Crippen LogP contribution in [0.15, 0.2) is 23.6 Å². The predicted octanol–water partition coefficient (Wildman–Crippen LogP) is 3.80. The highest BCUT2D eigenvalue weighted by Crippen LogP contribution is 2.26. The second kappa shape index (κ2) is 7.21. The van der Waals surface area contributed by atoms with Gasteiger partial charge < -0.3 is 15.5 Å². The maximum absolute atomic E-state index is 11.3. The fourth-order valence-corrected chi connectivity index (χ4v) is 3.83. The lowest BCUT2D eigenvalue weighted by atomic mass is 10.0. The molecule has 2 heterocycles. The Balaban J connectivity index is 1.59. The van der Waals surface area contributed by atoms with Crippen LogP contribution in [0.1, 0.15) is 31.0 Å². The molecular formula is C18H24N4OS. The van der Waals surface area contributed by atoms with Crippen LogP contribution in [0.5, 0.6) is 0 Å². The first-order valence-electron chi connectivity index (χ1n) is 8.33. The summed E-state index contributed by atoms with van der Waals surface area (Å²) in [7, 11) is 0. The molecule has 0 atom stereocenters. The van der Waals surface area contributed by atoms with E-state index in [1.807, 2.05) is 26.0 Å². The van der Waals surface area contributed by atoms with Crippen molar-refractivity contribution in [2.75, 3.05) is 28.6 Å². The number of amides is 1. The van der Waals surface area contributed by atoms with Gasteiger partial charge in [0, 0.05) is 42.8 Å². The monoisotopic (exact) mass is 344 g/mol. The van der Waals surface area contributed by atoms with E-state index in [1.54, 1.807) is 11.3 Å². The van der Waals surface area contributed by atoms with E-state index in [4.69, 9.17) is 0 Å². The highest BCUT2D eigenvalue weighted by Gasteiger charge is 2.21. The number of rotatable bonds is 4. The van der Waals surface area contributed by atoms with E-state index >= 15 is 0 Å². The molecule has 1 aliphatic heterocycles. The molecule has 128 valence electrons. The molecule has 0 unspecified atom stereocenters. The molecule has 0 bridgehead atoms. The molecule has 3 rings (SSSR count). The summed E-state index contributed by atoms with van der Waals surface area (Å²) < 4.78 is 0. The van der Waals surface area contributed by atoms with Gasteiger partial charge in [0.2, 0.25) is 5.91 Å². The van der Waals surface area contributed by atoms with Crippen LogP contribution in [-0.4, -0.2) is 30.0 Å². The van der Waals surface area contributed by atoms with Crippen LogP contribution in [0.25, 0.3) is 0 Å². The number of aryl methyl sites for hydroxylation is 2. The van der Waals surface area contributed by atoms with Crippen LogP contribution < -0.4 is 15.5 Å². The summed E-state index contributed by atoms with van der Waals surface area (Å²) in [5.41, 5.74) is 4.11. The number of thiazole rings is 1. The molecule has 24 heavy (non-hydrogen) atoms. The van der Waals surface area contributed by atoms with Gasteiger partial charge in [-0.1, -0.05) is 6.07 Å². The fraction of sp³-hybridized carbons (Fsp3) is 0.444. The third-order valence-electron chi connectivity index (χ3n) is 4.29. The normalized spacial score (nSPS) is 15.4. The first-order chi connectivity index (χ1) is 11.5. The summed E-state index contributed by atoms with van der Waals surface area (Å²) >= 11 is 1.72. The van der Waals surface area contributed by atoms with Crippen molar-refractivity contribution in [1.82, 2.24) is 4.98 Å². The van der Waals surface area contributed by atoms with Gasteiger partial charge in [0.05, 0.1) is 5.69 Å². The Morgan fingerprint density at radius 3 is 2.67 bits per heavy atom. The second-order valence-corrected chi connectivity index (χ2v) is 7.22. The van der Waals surface area contributed by atoms with E-state index in [1.165, 1.54) is 6.92 Å². The van der Waals surface area contributed by atoms with E-state index in [9.17, 15) is 4.79 Å². The molecule has 0 aliphatic carbocycles. The minimum Gasteiger partial charge on any atom is -0.382 e. The molecular weight excluding hydrogens is 320 g/mol. The Bertz CT molecular complexity index is 720. The van der Waals surface area contributed by atoms with E-state index < -0.39 is 0 Å². The number of nitrogens with one attached hydrogen (secondary N) is 2. The summed E-state index contributed by atoms with van der Waals surface area (Å²) in [5, 5.41) is 9.73. The van der Waals surface area contributed by atoms with Crippen molar-refractivity contribution in [3.63, 3.8) is 0 Å². The average Bonchev–Trinajstić information content (AvgIpc) is 2.97. The zero-order valence-corrected chi connectivity index (χ0v) is 15.2. The number of carbonyl (C=O) groups excluding carboxylic acids is 1. The number of piperidine rings is 1. The van der Waals surface area contributed by atoms with Crippen LogP contribution in [0, 0.1) is 13.8 Å². The third-order valence-corrected chi connectivity index (χ3v) is 5.31. The van der Waals surface area contributed by atoms with Gasteiger partial charge in [-0.2, -0.15) is 0 Å². The topological polar surface area (TPSA) is 57.3 Å². The van der Waals surface area contributed by atoms with Crippen molar-refractivity contribution < 1.29 is 4.79 Å². The number of nitrogens with zero attached hydrogens (tertiary/aromatic N) is 2. The zero-order valence-electron chi connectivity index (χ0n) is 14.4. The number of carbonyl (C=O) groups is 1. The number of hydrogen-bond donors (Lipinski definition) is 2. The van der Waals surface area contributed by atoms with E-state index in [-0.39, 0.29) is 5.91 Å². The lowest BCUT2D eigenvalue weighted by Gasteiger charge is -2.32. The van der Waals surface area contributed by atoms with Crippen molar-refractivity contribution in [1.29, 1.82) is 0 Å². The highest BCUT2D eigenvalue weighted by atomic mass is 32.1. The summed E-state index contributed by atoms with van der Waals surface area (Å²) in [5.74, 6) is -0.0395. The van der Waals surface area contributed by atoms with Crippen molar-refractivity contribution in [3.8, 4) is 0 Å². The fourth-order valence-electron chi connectivity index (χ4n) is 2.97. The zero-order chi connectivity index (χ0) is 17.1. The molecule has 1 aromatic carbocycles. The third kappa shape index (κ3) is 4.06. The lowest BCUT2D eigenvalue weighted by molar-refractivity contribution is -0.114. The van der Waals surface area contributed by atoms with Gasteiger partial charge in [-0.15, -0.1) is 11.3 Å². The summed E-state index contributed by atoms with van der Waals surface area (Å²) in [6, 6.07) is 6.60. The Morgan fingerprint density at radius 2 is 2.04 bits per heavy atom. The largest absolute Gasteiger partial charge is 0.382 e. The van der Waals surface area contributed by atoms with Crippen LogP contribution >= 0.6 is 11.3 Å². The number of hydrogen-bond acceptors (Lipinski definition) is 5. The van der Waals surface area contributed by atoms with Gasteiger partial charge in [0.25, 0.3) is 0 Å². The maximum Gasteiger partial charge on any atom is 0.221 e. The van der Waals surface area contributed by atoms with Gasteiger partial charge in [-0.25, -0.2) is 4.98 Å². The molecule has 2 aromatic rings. The summed E-state index contributed by atoms with van der Waals surface area (Å²) in [4.78, 5) is 18.2. The number of benzene rings is 1. The van der Waals surface area contributed by atoms with Crippen molar-refractivity contribution >= 4 is 33.8 Å². The van der Waals surface area contributed by atoms with Crippen molar-refractivity contribution in [2.45, 2.75) is 39.7 Å².